The van der Waals surface area contributed by atoms with Gasteiger partial charge in [0.15, 0.2) is 0 Å². The fourth-order valence-corrected chi connectivity index (χ4v) is 6.36. The highest BCUT2D eigenvalue weighted by Gasteiger charge is 2.64. The Morgan fingerprint density at radius 3 is 2.48 bits per heavy atom. The molecule has 0 amide bonds. The van der Waals surface area contributed by atoms with Gasteiger partial charge in [-0.25, -0.2) is 0 Å². The van der Waals surface area contributed by atoms with Gasteiger partial charge < -0.3 is 28.8 Å². The molecule has 4 saturated heterocycles. The molecule has 5 heterocycles. The van der Waals surface area contributed by atoms with E-state index in [9.17, 15) is 14.7 Å². The van der Waals surface area contributed by atoms with Gasteiger partial charge in [-0.05, 0) is 13.0 Å². The number of rotatable bonds is 3. The molecule has 2 bridgehead atoms. The molecule has 10 nitrogen and oxygen atoms in total. The minimum Gasteiger partial charge on any atom is -0.461 e. The van der Waals surface area contributed by atoms with E-state index >= 15 is 0 Å². The first kappa shape index (κ1) is 21.9. The van der Waals surface area contributed by atoms with Crippen molar-refractivity contribution in [1.29, 1.82) is 0 Å². The van der Waals surface area contributed by atoms with Crippen LogP contribution < -0.4 is 0 Å². The van der Waals surface area contributed by atoms with Crippen molar-refractivity contribution in [3.63, 3.8) is 0 Å². The Balaban J connectivity index is 1.34. The van der Waals surface area contributed by atoms with Gasteiger partial charge in [0, 0.05) is 39.1 Å². The highest BCUT2D eigenvalue weighted by Crippen LogP contribution is 2.51. The summed E-state index contributed by atoms with van der Waals surface area (Å²) in [7, 11) is 0. The maximum absolute atomic E-state index is 13.1. The second-order valence-electron chi connectivity index (χ2n) is 10.2. The Morgan fingerprint density at radius 2 is 1.76 bits per heavy atom. The van der Waals surface area contributed by atoms with Crippen LogP contribution in [0.15, 0.2) is 11.8 Å². The summed E-state index contributed by atoms with van der Waals surface area (Å²) in [4.78, 5) is 30.4. The lowest BCUT2D eigenvalue weighted by molar-refractivity contribution is -0.146. The van der Waals surface area contributed by atoms with E-state index in [-0.39, 0.29) is 17.9 Å². The van der Waals surface area contributed by atoms with Gasteiger partial charge in [-0.2, -0.15) is 0 Å². The molecule has 182 valence electrons. The van der Waals surface area contributed by atoms with Crippen molar-refractivity contribution in [1.82, 2.24) is 9.80 Å². The van der Waals surface area contributed by atoms with E-state index in [1.165, 1.54) is 0 Å². The van der Waals surface area contributed by atoms with Crippen molar-refractivity contribution in [2.75, 3.05) is 59.2 Å². The number of fused-ring (bicyclic) bond motifs is 4. The normalized spacial score (nSPS) is 46.1. The number of ether oxygens (including phenoxy) is 5. The maximum Gasteiger partial charge on any atom is 0.319 e. The lowest BCUT2D eigenvalue weighted by atomic mass is 9.79. The lowest BCUT2D eigenvalue weighted by Gasteiger charge is -2.38. The van der Waals surface area contributed by atoms with Crippen LogP contribution in [0.2, 0.25) is 0 Å². The fourth-order valence-electron chi connectivity index (χ4n) is 6.36. The molecular weight excluding hydrogens is 432 g/mol. The highest BCUT2D eigenvalue weighted by atomic mass is 16.6. The van der Waals surface area contributed by atoms with E-state index in [1.807, 2.05) is 13.0 Å². The minimum absolute atomic E-state index is 0.262. The first-order valence-corrected chi connectivity index (χ1v) is 12.1. The van der Waals surface area contributed by atoms with E-state index in [1.54, 1.807) is 0 Å². The van der Waals surface area contributed by atoms with Crippen molar-refractivity contribution in [3.05, 3.63) is 11.8 Å². The van der Waals surface area contributed by atoms with Crippen LogP contribution in [-0.4, -0.2) is 116 Å². The quantitative estimate of drug-likeness (QED) is 0.419. The van der Waals surface area contributed by atoms with Crippen LogP contribution in [0.25, 0.3) is 0 Å². The van der Waals surface area contributed by atoms with E-state index in [4.69, 9.17) is 23.7 Å². The number of epoxide rings is 1. The van der Waals surface area contributed by atoms with Crippen LogP contribution in [0, 0.1) is 17.8 Å². The van der Waals surface area contributed by atoms with Crippen LogP contribution in [0.4, 0.5) is 0 Å². The molecule has 8 unspecified atom stereocenters. The Kier molecular flexibility index (Phi) is 5.51. The van der Waals surface area contributed by atoms with Gasteiger partial charge in [0.25, 0.3) is 0 Å². The number of nitrogens with zero attached hydrogens (tertiary/aromatic N) is 2. The van der Waals surface area contributed by atoms with E-state index < -0.39 is 41.8 Å². The van der Waals surface area contributed by atoms with Crippen LogP contribution >= 0.6 is 0 Å². The lowest BCUT2D eigenvalue weighted by Crippen LogP contribution is -2.55. The summed E-state index contributed by atoms with van der Waals surface area (Å²) in [5, 5.41) is 11.3. The molecule has 0 saturated carbocycles. The van der Waals surface area contributed by atoms with Gasteiger partial charge in [0.1, 0.15) is 18.0 Å². The summed E-state index contributed by atoms with van der Waals surface area (Å²) in [6, 6.07) is -0.460. The monoisotopic (exact) mass is 464 g/mol. The zero-order chi connectivity index (χ0) is 22.7. The molecule has 5 aliphatic heterocycles. The predicted molar refractivity (Wildman–Crippen MR) is 112 cm³/mol. The average Bonchev–Trinajstić information content (AvgIpc) is 3.20. The van der Waals surface area contributed by atoms with Crippen LogP contribution in [-0.2, 0) is 33.3 Å². The standard InChI is InChI=1S/C23H32N2O8/c1-23-11-16-17(14(22(28)32-16)12-24-2-6-29-7-3-24)15-10-13(21(27)31-15)18(19(26)20(23)33-23)25-4-8-30-9-5-25/h10,13-14,16-20,26H,2-9,11-12H2,1H3. The molecule has 1 N–H and O–H groups in total. The second-order valence-corrected chi connectivity index (χ2v) is 10.2. The van der Waals surface area contributed by atoms with Crippen molar-refractivity contribution in [3.8, 4) is 0 Å². The molecule has 6 rings (SSSR count). The number of morpholine rings is 2. The van der Waals surface area contributed by atoms with Crippen molar-refractivity contribution in [2.24, 2.45) is 17.8 Å². The summed E-state index contributed by atoms with van der Waals surface area (Å²) in [6.45, 7) is 7.67. The van der Waals surface area contributed by atoms with Gasteiger partial charge >= 0.3 is 11.9 Å². The smallest absolute Gasteiger partial charge is 0.319 e. The third kappa shape index (κ3) is 3.81. The molecule has 1 aliphatic carbocycles. The molecule has 0 aromatic heterocycles. The Bertz CT molecular complexity index is 838. The number of carbonyl (C=O) groups excluding carboxylic acids is 2. The van der Waals surface area contributed by atoms with E-state index in [0.29, 0.717) is 58.2 Å². The highest BCUT2D eigenvalue weighted by molar-refractivity contribution is 5.81. The zero-order valence-corrected chi connectivity index (χ0v) is 18.9. The summed E-state index contributed by atoms with van der Waals surface area (Å²) in [5.41, 5.74) is -0.610. The molecule has 0 aromatic carbocycles. The Morgan fingerprint density at radius 1 is 1.06 bits per heavy atom. The average molecular weight is 465 g/mol. The molecule has 0 spiro atoms. The first-order chi connectivity index (χ1) is 15.9. The minimum atomic E-state index is -0.862. The number of hydrogen-bond acceptors (Lipinski definition) is 10. The van der Waals surface area contributed by atoms with Crippen molar-refractivity contribution in [2.45, 2.75) is 43.3 Å². The third-order valence-electron chi connectivity index (χ3n) is 8.17. The molecule has 6 aliphatic rings. The van der Waals surface area contributed by atoms with Crippen LogP contribution in [0.1, 0.15) is 13.3 Å². The van der Waals surface area contributed by atoms with Gasteiger partial charge in [-0.1, -0.05) is 0 Å². The van der Waals surface area contributed by atoms with Crippen LogP contribution in [0.5, 0.6) is 0 Å². The first-order valence-electron chi connectivity index (χ1n) is 12.1. The fraction of sp³-hybridized carbons (Fsp3) is 0.826. The Labute approximate surface area is 192 Å². The largest absolute Gasteiger partial charge is 0.461 e. The number of aliphatic hydroxyl groups excluding tert-OH is 1. The van der Waals surface area contributed by atoms with Gasteiger partial charge in [0.05, 0.1) is 61.9 Å². The molecule has 0 radical (unpaired) electrons. The number of esters is 2. The van der Waals surface area contributed by atoms with Crippen molar-refractivity contribution < 1.29 is 38.4 Å². The molecule has 33 heavy (non-hydrogen) atoms. The third-order valence-corrected chi connectivity index (χ3v) is 8.17. The Hall–Kier alpha value is -1.56. The van der Waals surface area contributed by atoms with E-state index in [2.05, 4.69) is 9.80 Å². The van der Waals surface area contributed by atoms with E-state index in [0.717, 1.165) is 13.1 Å². The van der Waals surface area contributed by atoms with Gasteiger partial charge in [0.2, 0.25) is 0 Å². The molecule has 8 atom stereocenters. The number of hydrogen-bond donors (Lipinski definition) is 1. The summed E-state index contributed by atoms with van der Waals surface area (Å²) in [6.07, 6.45) is 0.553. The molecule has 0 aromatic rings. The topological polar surface area (TPSA) is 110 Å². The summed E-state index contributed by atoms with van der Waals surface area (Å²) < 4.78 is 28.7. The second kappa shape index (κ2) is 8.28. The number of carbonyl (C=O) groups is 2. The summed E-state index contributed by atoms with van der Waals surface area (Å²) >= 11 is 0. The SMILES string of the molecule is CC12CC3OC(=O)C(CN4CCOCC4)C3C3=CC(C(=O)O3)C(N3CCOCC3)C(O)C1O2. The number of aliphatic hydroxyl groups is 1. The van der Waals surface area contributed by atoms with Crippen molar-refractivity contribution >= 4 is 11.9 Å². The predicted octanol–water partition coefficient (Wildman–Crippen LogP) is -0.844. The molecule has 10 heteroatoms. The molecular formula is C23H32N2O8. The summed E-state index contributed by atoms with van der Waals surface area (Å²) in [5.74, 6) is -1.53. The van der Waals surface area contributed by atoms with Gasteiger partial charge in [-0.3, -0.25) is 19.4 Å². The van der Waals surface area contributed by atoms with Crippen LogP contribution in [0.3, 0.4) is 0 Å². The maximum atomic E-state index is 13.1. The molecule has 4 fully saturated rings. The zero-order valence-electron chi connectivity index (χ0n) is 18.9. The van der Waals surface area contributed by atoms with Gasteiger partial charge in [-0.15, -0.1) is 0 Å².